The molecular weight excluding hydrogens is 220 g/mol. The van der Waals surface area contributed by atoms with Crippen LogP contribution >= 0.6 is 0 Å². The molecule has 0 spiro atoms. The molecule has 3 aliphatic rings. The summed E-state index contributed by atoms with van der Waals surface area (Å²) in [4.78, 5) is 0. The van der Waals surface area contributed by atoms with Gasteiger partial charge in [-0.2, -0.15) is 0 Å². The van der Waals surface area contributed by atoms with E-state index in [-0.39, 0.29) is 0 Å². The van der Waals surface area contributed by atoms with Crippen LogP contribution in [0.1, 0.15) is 64.7 Å². The lowest BCUT2D eigenvalue weighted by Gasteiger charge is -2.31. The van der Waals surface area contributed by atoms with E-state index in [0.717, 1.165) is 18.0 Å². The van der Waals surface area contributed by atoms with Gasteiger partial charge >= 0.3 is 0 Å². The third kappa shape index (κ3) is 2.75. The van der Waals surface area contributed by atoms with Crippen molar-refractivity contribution < 1.29 is 0 Å². The van der Waals surface area contributed by atoms with Crippen molar-refractivity contribution in [1.82, 2.24) is 10.6 Å². The Morgan fingerprint density at radius 2 is 1.89 bits per heavy atom. The third-order valence-electron chi connectivity index (χ3n) is 5.79. The molecule has 1 aliphatic heterocycles. The maximum Gasteiger partial charge on any atom is 0.0111 e. The second-order valence-corrected chi connectivity index (χ2v) is 7.30. The van der Waals surface area contributed by atoms with E-state index in [0.29, 0.717) is 5.41 Å². The van der Waals surface area contributed by atoms with Crippen LogP contribution in [-0.4, -0.2) is 25.2 Å². The Kier molecular flexibility index (Phi) is 3.95. The number of hydrogen-bond acceptors (Lipinski definition) is 2. The molecule has 0 radical (unpaired) electrons. The van der Waals surface area contributed by atoms with E-state index in [9.17, 15) is 0 Å². The highest BCUT2D eigenvalue weighted by Crippen LogP contribution is 2.38. The average Bonchev–Trinajstić information content (AvgIpc) is 3.08. The van der Waals surface area contributed by atoms with Gasteiger partial charge in [0, 0.05) is 18.6 Å². The van der Waals surface area contributed by atoms with Crippen molar-refractivity contribution in [3.63, 3.8) is 0 Å². The lowest BCUT2D eigenvalue weighted by Crippen LogP contribution is -2.45. The minimum absolute atomic E-state index is 0.607. The van der Waals surface area contributed by atoms with Crippen LogP contribution in [0.25, 0.3) is 0 Å². The van der Waals surface area contributed by atoms with Gasteiger partial charge < -0.3 is 10.6 Å². The zero-order valence-electron chi connectivity index (χ0n) is 12.0. The zero-order chi connectivity index (χ0) is 12.4. The summed E-state index contributed by atoms with van der Waals surface area (Å²) in [6.07, 6.45) is 12.9. The Bertz CT molecular complexity index is 264. The Hall–Kier alpha value is -0.0800. The summed E-state index contributed by atoms with van der Waals surface area (Å²) < 4.78 is 0. The molecule has 18 heavy (non-hydrogen) atoms. The molecule has 3 fully saturated rings. The summed E-state index contributed by atoms with van der Waals surface area (Å²) in [5, 5.41) is 7.68. The fourth-order valence-electron chi connectivity index (χ4n) is 4.58. The molecule has 2 heteroatoms. The molecule has 3 atom stereocenters. The minimum atomic E-state index is 0.607. The summed E-state index contributed by atoms with van der Waals surface area (Å²) in [7, 11) is 0. The fourth-order valence-corrected chi connectivity index (χ4v) is 4.58. The maximum atomic E-state index is 3.95. The van der Waals surface area contributed by atoms with Crippen LogP contribution in [0.15, 0.2) is 0 Å². The van der Waals surface area contributed by atoms with Crippen molar-refractivity contribution in [3.05, 3.63) is 0 Å². The van der Waals surface area contributed by atoms with E-state index in [1.807, 2.05) is 0 Å². The quantitative estimate of drug-likeness (QED) is 0.801. The number of rotatable bonds is 4. The SMILES string of the molecule is CC1(CNC2CCCC2C2CCCN2)CCCC1. The van der Waals surface area contributed by atoms with Crippen LogP contribution in [0.3, 0.4) is 0 Å². The summed E-state index contributed by atoms with van der Waals surface area (Å²) in [5.41, 5.74) is 0.607. The number of hydrogen-bond donors (Lipinski definition) is 2. The van der Waals surface area contributed by atoms with Crippen LogP contribution < -0.4 is 10.6 Å². The Balaban J connectivity index is 1.51. The largest absolute Gasteiger partial charge is 0.314 e. The molecule has 1 heterocycles. The summed E-state index contributed by atoms with van der Waals surface area (Å²) >= 11 is 0. The van der Waals surface area contributed by atoms with Crippen molar-refractivity contribution in [2.45, 2.75) is 76.8 Å². The lowest BCUT2D eigenvalue weighted by molar-refractivity contribution is 0.257. The maximum absolute atomic E-state index is 3.95. The topological polar surface area (TPSA) is 24.1 Å². The third-order valence-corrected chi connectivity index (χ3v) is 5.79. The van der Waals surface area contributed by atoms with Crippen molar-refractivity contribution in [1.29, 1.82) is 0 Å². The first-order valence-corrected chi connectivity index (χ1v) is 8.24. The monoisotopic (exact) mass is 250 g/mol. The molecule has 0 amide bonds. The van der Waals surface area contributed by atoms with Gasteiger partial charge in [-0.15, -0.1) is 0 Å². The molecule has 0 aromatic rings. The van der Waals surface area contributed by atoms with Crippen LogP contribution in [0.4, 0.5) is 0 Å². The second-order valence-electron chi connectivity index (χ2n) is 7.30. The van der Waals surface area contributed by atoms with Crippen molar-refractivity contribution >= 4 is 0 Å². The Morgan fingerprint density at radius 3 is 2.61 bits per heavy atom. The van der Waals surface area contributed by atoms with Crippen molar-refractivity contribution in [2.75, 3.05) is 13.1 Å². The van der Waals surface area contributed by atoms with E-state index in [2.05, 4.69) is 17.6 Å². The smallest absolute Gasteiger partial charge is 0.0111 e. The van der Waals surface area contributed by atoms with Crippen LogP contribution in [0, 0.1) is 11.3 Å². The summed E-state index contributed by atoms with van der Waals surface area (Å²) in [6, 6.07) is 1.62. The first kappa shape index (κ1) is 12.9. The van der Waals surface area contributed by atoms with E-state index >= 15 is 0 Å². The molecule has 2 aliphatic carbocycles. The van der Waals surface area contributed by atoms with Gasteiger partial charge in [0.2, 0.25) is 0 Å². The first-order chi connectivity index (χ1) is 8.77. The highest BCUT2D eigenvalue weighted by molar-refractivity contribution is 4.94. The van der Waals surface area contributed by atoms with Gasteiger partial charge in [-0.25, -0.2) is 0 Å². The molecular formula is C16H30N2. The predicted octanol–water partition coefficient (Wildman–Crippen LogP) is 3.08. The molecule has 2 nitrogen and oxygen atoms in total. The predicted molar refractivity (Wildman–Crippen MR) is 76.7 cm³/mol. The molecule has 1 saturated heterocycles. The van der Waals surface area contributed by atoms with Gasteiger partial charge in [-0.1, -0.05) is 26.2 Å². The van der Waals surface area contributed by atoms with Crippen molar-refractivity contribution in [3.8, 4) is 0 Å². The average molecular weight is 250 g/mol. The number of nitrogens with one attached hydrogen (secondary N) is 2. The molecule has 0 aromatic heterocycles. The molecule has 2 N–H and O–H groups in total. The van der Waals surface area contributed by atoms with Crippen molar-refractivity contribution in [2.24, 2.45) is 11.3 Å². The van der Waals surface area contributed by atoms with Gasteiger partial charge in [0.05, 0.1) is 0 Å². The minimum Gasteiger partial charge on any atom is -0.314 e. The normalized spacial score (nSPS) is 39.5. The van der Waals surface area contributed by atoms with Gasteiger partial charge in [-0.05, 0) is 56.4 Å². The van der Waals surface area contributed by atoms with Gasteiger partial charge in [0.15, 0.2) is 0 Å². The Labute approximate surface area is 112 Å². The highest BCUT2D eigenvalue weighted by atomic mass is 15.0. The van der Waals surface area contributed by atoms with Gasteiger partial charge in [-0.3, -0.25) is 0 Å². The lowest BCUT2D eigenvalue weighted by atomic mass is 9.87. The van der Waals surface area contributed by atoms with Crippen LogP contribution in [0.2, 0.25) is 0 Å². The van der Waals surface area contributed by atoms with E-state index in [1.54, 1.807) is 0 Å². The molecule has 0 aromatic carbocycles. The van der Waals surface area contributed by atoms with E-state index < -0.39 is 0 Å². The highest BCUT2D eigenvalue weighted by Gasteiger charge is 2.36. The molecule has 0 bridgehead atoms. The van der Waals surface area contributed by atoms with E-state index in [4.69, 9.17) is 0 Å². The standard InChI is InChI=1S/C16H30N2/c1-16(9-2-3-10-16)12-18-15-7-4-6-13(15)14-8-5-11-17-14/h13-15,17-18H,2-12H2,1H3. The van der Waals surface area contributed by atoms with Gasteiger partial charge in [0.1, 0.15) is 0 Å². The molecule has 2 saturated carbocycles. The second kappa shape index (κ2) is 5.50. The first-order valence-electron chi connectivity index (χ1n) is 8.24. The van der Waals surface area contributed by atoms with Gasteiger partial charge in [0.25, 0.3) is 0 Å². The van der Waals surface area contributed by atoms with Crippen LogP contribution in [0.5, 0.6) is 0 Å². The molecule has 3 unspecified atom stereocenters. The molecule has 104 valence electrons. The summed E-state index contributed by atoms with van der Waals surface area (Å²) in [6.45, 7) is 5.01. The molecule has 3 rings (SSSR count). The summed E-state index contributed by atoms with van der Waals surface area (Å²) in [5.74, 6) is 0.914. The fraction of sp³-hybridized carbons (Fsp3) is 1.00. The zero-order valence-corrected chi connectivity index (χ0v) is 12.0. The Morgan fingerprint density at radius 1 is 1.06 bits per heavy atom. The van der Waals surface area contributed by atoms with Crippen LogP contribution in [-0.2, 0) is 0 Å². The van der Waals surface area contributed by atoms with E-state index in [1.165, 1.54) is 70.9 Å².